The first kappa shape index (κ1) is 21.6. The molecule has 0 aliphatic heterocycles. The SMILES string of the molecule is Cc1cccc(-c2nnc(NC(=O)[C@@H](C)NC(=O)c3ccc(C(C)(C)C)cc3)s2)c1. The highest BCUT2D eigenvalue weighted by Gasteiger charge is 2.19. The molecule has 0 saturated carbocycles. The van der Waals surface area contributed by atoms with Gasteiger partial charge in [0.1, 0.15) is 11.0 Å². The Morgan fingerprint density at radius 3 is 2.37 bits per heavy atom. The quantitative estimate of drug-likeness (QED) is 0.631. The van der Waals surface area contributed by atoms with Crippen molar-refractivity contribution in [3.63, 3.8) is 0 Å². The Balaban J connectivity index is 1.60. The van der Waals surface area contributed by atoms with E-state index in [0.29, 0.717) is 10.7 Å². The normalized spacial score (nSPS) is 12.3. The molecule has 0 bridgehead atoms. The first-order valence-corrected chi connectivity index (χ1v) is 10.6. The molecule has 3 rings (SSSR count). The van der Waals surface area contributed by atoms with Gasteiger partial charge in [-0.15, -0.1) is 10.2 Å². The average Bonchev–Trinajstić information content (AvgIpc) is 3.16. The van der Waals surface area contributed by atoms with Crippen molar-refractivity contribution in [2.75, 3.05) is 5.32 Å². The number of nitrogens with zero attached hydrogens (tertiary/aromatic N) is 2. The predicted molar refractivity (Wildman–Crippen MR) is 121 cm³/mol. The van der Waals surface area contributed by atoms with Crippen LogP contribution in [0.15, 0.2) is 48.5 Å². The van der Waals surface area contributed by atoms with Gasteiger partial charge in [0.05, 0.1) is 0 Å². The molecule has 30 heavy (non-hydrogen) atoms. The number of amides is 2. The zero-order chi connectivity index (χ0) is 21.9. The van der Waals surface area contributed by atoms with Crippen LogP contribution >= 0.6 is 11.3 Å². The topological polar surface area (TPSA) is 84.0 Å². The summed E-state index contributed by atoms with van der Waals surface area (Å²) >= 11 is 1.29. The Labute approximate surface area is 180 Å². The van der Waals surface area contributed by atoms with Gasteiger partial charge >= 0.3 is 0 Å². The van der Waals surface area contributed by atoms with Crippen LogP contribution in [-0.2, 0) is 10.2 Å². The van der Waals surface area contributed by atoms with Crippen molar-refractivity contribution in [1.82, 2.24) is 15.5 Å². The third kappa shape index (κ3) is 5.30. The van der Waals surface area contributed by atoms with E-state index in [1.165, 1.54) is 11.3 Å². The van der Waals surface area contributed by atoms with Crippen molar-refractivity contribution >= 4 is 28.3 Å². The lowest BCUT2D eigenvalue weighted by atomic mass is 9.86. The molecule has 0 unspecified atom stereocenters. The summed E-state index contributed by atoms with van der Waals surface area (Å²) in [5.41, 5.74) is 3.75. The summed E-state index contributed by atoms with van der Waals surface area (Å²) < 4.78 is 0. The van der Waals surface area contributed by atoms with E-state index in [1.54, 1.807) is 19.1 Å². The molecular formula is C23H26N4O2S. The van der Waals surface area contributed by atoms with Crippen molar-refractivity contribution in [1.29, 1.82) is 0 Å². The molecule has 2 aromatic carbocycles. The fourth-order valence-electron chi connectivity index (χ4n) is 2.85. The lowest BCUT2D eigenvalue weighted by Crippen LogP contribution is -2.41. The lowest BCUT2D eigenvalue weighted by Gasteiger charge is -2.19. The predicted octanol–water partition coefficient (Wildman–Crippen LogP) is 4.57. The van der Waals surface area contributed by atoms with Crippen LogP contribution in [0.3, 0.4) is 0 Å². The summed E-state index contributed by atoms with van der Waals surface area (Å²) in [6.07, 6.45) is 0. The third-order valence-electron chi connectivity index (χ3n) is 4.67. The first-order valence-electron chi connectivity index (χ1n) is 9.76. The number of hydrogen-bond donors (Lipinski definition) is 2. The number of aryl methyl sites for hydroxylation is 1. The van der Waals surface area contributed by atoms with Gasteiger partial charge in [0.2, 0.25) is 11.0 Å². The van der Waals surface area contributed by atoms with E-state index in [-0.39, 0.29) is 17.2 Å². The number of aromatic nitrogens is 2. The second-order valence-corrected chi connectivity index (χ2v) is 9.27. The lowest BCUT2D eigenvalue weighted by molar-refractivity contribution is -0.117. The fourth-order valence-corrected chi connectivity index (χ4v) is 3.59. The second-order valence-electron chi connectivity index (χ2n) is 8.29. The fraction of sp³-hybridized carbons (Fsp3) is 0.304. The molecule has 6 nitrogen and oxygen atoms in total. The van der Waals surface area contributed by atoms with Crippen LogP contribution in [-0.4, -0.2) is 28.1 Å². The second kappa shape index (κ2) is 8.75. The molecule has 1 heterocycles. The highest BCUT2D eigenvalue weighted by molar-refractivity contribution is 7.18. The molecule has 156 valence electrons. The van der Waals surface area contributed by atoms with Crippen molar-refractivity contribution in [3.8, 4) is 10.6 Å². The Morgan fingerprint density at radius 1 is 1.03 bits per heavy atom. The van der Waals surface area contributed by atoms with E-state index in [9.17, 15) is 9.59 Å². The van der Waals surface area contributed by atoms with E-state index in [4.69, 9.17) is 0 Å². The summed E-state index contributed by atoms with van der Waals surface area (Å²) in [5.74, 6) is -0.641. The summed E-state index contributed by atoms with van der Waals surface area (Å²) in [5, 5.41) is 14.8. The van der Waals surface area contributed by atoms with Crippen LogP contribution in [0.4, 0.5) is 5.13 Å². The molecule has 1 atom stereocenters. The minimum Gasteiger partial charge on any atom is -0.341 e. The smallest absolute Gasteiger partial charge is 0.251 e. The summed E-state index contributed by atoms with van der Waals surface area (Å²) in [7, 11) is 0. The van der Waals surface area contributed by atoms with Gasteiger partial charge in [0, 0.05) is 11.1 Å². The molecule has 3 aromatic rings. The summed E-state index contributed by atoms with van der Waals surface area (Å²) in [4.78, 5) is 25.0. The van der Waals surface area contributed by atoms with E-state index in [1.807, 2.05) is 43.3 Å². The third-order valence-corrected chi connectivity index (χ3v) is 5.56. The number of carbonyl (C=O) groups excluding carboxylic acids is 2. The van der Waals surface area contributed by atoms with Crippen molar-refractivity contribution < 1.29 is 9.59 Å². The maximum absolute atomic E-state index is 12.5. The van der Waals surface area contributed by atoms with Crippen molar-refractivity contribution in [2.45, 2.75) is 46.1 Å². The van der Waals surface area contributed by atoms with Gasteiger partial charge in [-0.2, -0.15) is 0 Å². The maximum Gasteiger partial charge on any atom is 0.251 e. The molecule has 0 radical (unpaired) electrons. The van der Waals surface area contributed by atoms with Gasteiger partial charge in [-0.1, -0.05) is 68.0 Å². The van der Waals surface area contributed by atoms with Gasteiger partial charge in [0.15, 0.2) is 0 Å². The number of anilines is 1. The molecule has 1 aromatic heterocycles. The monoisotopic (exact) mass is 422 g/mol. The minimum absolute atomic E-state index is 0.0151. The van der Waals surface area contributed by atoms with Crippen LogP contribution in [0, 0.1) is 6.92 Å². The molecule has 0 aliphatic carbocycles. The zero-order valence-electron chi connectivity index (χ0n) is 17.8. The number of carbonyl (C=O) groups is 2. The molecule has 7 heteroatoms. The van der Waals surface area contributed by atoms with Crippen LogP contribution in [0.25, 0.3) is 10.6 Å². The average molecular weight is 423 g/mol. The highest BCUT2D eigenvalue weighted by Crippen LogP contribution is 2.27. The minimum atomic E-state index is -0.717. The van der Waals surface area contributed by atoms with Gasteiger partial charge in [-0.3, -0.25) is 14.9 Å². The van der Waals surface area contributed by atoms with E-state index >= 15 is 0 Å². The summed E-state index contributed by atoms with van der Waals surface area (Å²) in [6, 6.07) is 14.6. The maximum atomic E-state index is 12.5. The van der Waals surface area contributed by atoms with E-state index < -0.39 is 6.04 Å². The molecule has 2 N–H and O–H groups in total. The molecule has 0 fully saturated rings. The van der Waals surface area contributed by atoms with E-state index in [0.717, 1.165) is 21.7 Å². The van der Waals surface area contributed by atoms with Crippen molar-refractivity contribution in [3.05, 3.63) is 65.2 Å². The summed E-state index contributed by atoms with van der Waals surface area (Å²) in [6.45, 7) is 10.00. The number of hydrogen-bond acceptors (Lipinski definition) is 5. The van der Waals surface area contributed by atoms with Crippen molar-refractivity contribution in [2.24, 2.45) is 0 Å². The standard InChI is InChI=1S/C23H26N4O2S/c1-14-7-6-8-17(13-14)21-26-27-22(30-21)25-19(28)15(2)24-20(29)16-9-11-18(12-10-16)23(3,4)5/h6-13,15H,1-5H3,(H,24,29)(H,25,27,28)/t15-/m1/s1. The Bertz CT molecular complexity index is 1050. The van der Waals surface area contributed by atoms with E-state index in [2.05, 4.69) is 41.6 Å². The van der Waals surface area contributed by atoms with Gasteiger partial charge in [0.25, 0.3) is 5.91 Å². The molecule has 0 saturated heterocycles. The first-order chi connectivity index (χ1) is 14.1. The van der Waals surface area contributed by atoms with Gasteiger partial charge < -0.3 is 5.32 Å². The largest absolute Gasteiger partial charge is 0.341 e. The Kier molecular flexibility index (Phi) is 6.31. The van der Waals surface area contributed by atoms with Gasteiger partial charge in [-0.05, 0) is 43.0 Å². The van der Waals surface area contributed by atoms with Gasteiger partial charge in [-0.25, -0.2) is 0 Å². The molecule has 0 spiro atoms. The zero-order valence-corrected chi connectivity index (χ0v) is 18.6. The van der Waals surface area contributed by atoms with Crippen LogP contribution in [0.5, 0.6) is 0 Å². The number of benzene rings is 2. The van der Waals surface area contributed by atoms with Crippen LogP contribution in [0.1, 0.15) is 49.2 Å². The van der Waals surface area contributed by atoms with Crippen LogP contribution in [0.2, 0.25) is 0 Å². The molecule has 0 aliphatic rings. The molecule has 2 amide bonds. The number of nitrogens with one attached hydrogen (secondary N) is 2. The van der Waals surface area contributed by atoms with Crippen LogP contribution < -0.4 is 10.6 Å². The highest BCUT2D eigenvalue weighted by atomic mass is 32.1. The number of rotatable bonds is 5. The Hall–Kier alpha value is -3.06. The Morgan fingerprint density at radius 2 is 1.73 bits per heavy atom. The molecular weight excluding hydrogens is 396 g/mol.